The van der Waals surface area contributed by atoms with Crippen LogP contribution in [0.25, 0.3) is 11.0 Å². The Kier molecular flexibility index (Phi) is 4.08. The van der Waals surface area contributed by atoms with Crippen molar-refractivity contribution < 1.29 is 24.0 Å². The maximum absolute atomic E-state index is 11.7. The molecule has 1 amide bonds. The van der Waals surface area contributed by atoms with Crippen LogP contribution in [0.5, 0.6) is 0 Å². The first-order valence-corrected chi connectivity index (χ1v) is 8.37. The quantitative estimate of drug-likeness (QED) is 0.613. The molecule has 7 heteroatoms. The van der Waals surface area contributed by atoms with Gasteiger partial charge in [-0.25, -0.2) is 0 Å². The summed E-state index contributed by atoms with van der Waals surface area (Å²) in [5.41, 5.74) is 1.61. The van der Waals surface area contributed by atoms with Crippen LogP contribution < -0.4 is 0 Å². The monoisotopic (exact) mass is 329 g/mol. The van der Waals surface area contributed by atoms with Gasteiger partial charge in [-0.15, -0.1) is 0 Å². The fourth-order valence-electron chi connectivity index (χ4n) is 4.11. The number of hydrogen-bond donors (Lipinski definition) is 2. The Morgan fingerprint density at radius 1 is 1.33 bits per heavy atom. The van der Waals surface area contributed by atoms with E-state index >= 15 is 0 Å². The molecule has 2 aromatic rings. The van der Waals surface area contributed by atoms with E-state index in [0.717, 1.165) is 42.2 Å². The minimum atomic E-state index is -1.62. The highest BCUT2D eigenvalue weighted by molar-refractivity contribution is 6.43. The Labute approximate surface area is 140 Å². The summed E-state index contributed by atoms with van der Waals surface area (Å²) in [4.78, 5) is 13.3. The molecule has 1 aromatic heterocycles. The van der Waals surface area contributed by atoms with Crippen LogP contribution in [0.4, 0.5) is 0 Å². The van der Waals surface area contributed by atoms with Gasteiger partial charge in [-0.1, -0.05) is 18.2 Å². The molecule has 0 spiro atoms. The molecule has 2 fully saturated rings. The minimum Gasteiger partial charge on any atom is -0.464 e. The van der Waals surface area contributed by atoms with Gasteiger partial charge in [0.05, 0.1) is 30.5 Å². The number of benzene rings is 1. The number of fused-ring (bicyclic) bond motifs is 3. The highest BCUT2D eigenvalue weighted by Gasteiger charge is 2.46. The van der Waals surface area contributed by atoms with E-state index in [1.54, 1.807) is 6.26 Å². The van der Waals surface area contributed by atoms with E-state index in [-0.39, 0.29) is 18.2 Å². The van der Waals surface area contributed by atoms with Gasteiger partial charge in [0.15, 0.2) is 0 Å². The largest absolute Gasteiger partial charge is 0.476 e. The maximum Gasteiger partial charge on any atom is 0.476 e. The average Bonchev–Trinajstić information content (AvgIpc) is 3.30. The van der Waals surface area contributed by atoms with Crippen LogP contribution in [0.2, 0.25) is 0 Å². The summed E-state index contributed by atoms with van der Waals surface area (Å²) < 4.78 is 11.3. The number of carbonyl (C=O) groups excluding carboxylic acids is 1. The zero-order chi connectivity index (χ0) is 16.7. The molecule has 1 aromatic carbocycles. The zero-order valence-electron chi connectivity index (χ0n) is 13.2. The molecule has 126 valence electrons. The number of furan rings is 1. The first kappa shape index (κ1) is 15.7. The SMILES string of the molecule is O=CN([C@H](Cc1coc2ccccc12)B(O)O)[C@H]1C[C@@H]2CC[C@H]1O2. The molecule has 0 aliphatic carbocycles. The Bertz CT molecular complexity index is 733. The summed E-state index contributed by atoms with van der Waals surface area (Å²) in [6.07, 6.45) is 5.56. The molecule has 0 radical (unpaired) electrons. The molecule has 4 rings (SSSR count). The Balaban J connectivity index is 1.60. The molecule has 6 nitrogen and oxygen atoms in total. The van der Waals surface area contributed by atoms with Crippen molar-refractivity contribution >= 4 is 24.5 Å². The summed E-state index contributed by atoms with van der Waals surface area (Å²) in [6, 6.07) is 7.50. The fourth-order valence-corrected chi connectivity index (χ4v) is 4.11. The van der Waals surface area contributed by atoms with Crippen molar-refractivity contribution in [2.24, 2.45) is 0 Å². The summed E-state index contributed by atoms with van der Waals surface area (Å²) in [5, 5.41) is 20.7. The lowest BCUT2D eigenvalue weighted by atomic mass is 9.73. The topological polar surface area (TPSA) is 83.1 Å². The second-order valence-corrected chi connectivity index (χ2v) is 6.67. The molecule has 2 N–H and O–H groups in total. The third-order valence-corrected chi connectivity index (χ3v) is 5.30. The molecular formula is C17H20BNO5. The highest BCUT2D eigenvalue weighted by Crippen LogP contribution is 2.38. The van der Waals surface area contributed by atoms with Crippen molar-refractivity contribution in [3.8, 4) is 0 Å². The predicted octanol–water partition coefficient (Wildman–Crippen LogP) is 1.13. The van der Waals surface area contributed by atoms with Crippen molar-refractivity contribution in [3.05, 3.63) is 36.1 Å². The molecular weight excluding hydrogens is 309 g/mol. The van der Waals surface area contributed by atoms with Gasteiger partial charge >= 0.3 is 7.12 Å². The number of amides is 1. The van der Waals surface area contributed by atoms with Crippen LogP contribution in [0.3, 0.4) is 0 Å². The van der Waals surface area contributed by atoms with Crippen LogP contribution in [-0.4, -0.2) is 52.7 Å². The molecule has 2 aliphatic heterocycles. The van der Waals surface area contributed by atoms with Crippen LogP contribution >= 0.6 is 0 Å². The Morgan fingerprint density at radius 3 is 2.83 bits per heavy atom. The van der Waals surface area contributed by atoms with Crippen molar-refractivity contribution in [2.45, 2.75) is 49.9 Å². The van der Waals surface area contributed by atoms with Gasteiger partial charge in [0.2, 0.25) is 6.41 Å². The van der Waals surface area contributed by atoms with E-state index in [9.17, 15) is 14.8 Å². The van der Waals surface area contributed by atoms with Crippen LogP contribution in [0.1, 0.15) is 24.8 Å². The Morgan fingerprint density at radius 2 is 2.17 bits per heavy atom. The third-order valence-electron chi connectivity index (χ3n) is 5.30. The molecule has 2 saturated heterocycles. The van der Waals surface area contributed by atoms with E-state index in [0.29, 0.717) is 6.42 Å². The normalized spacial score (nSPS) is 26.7. The van der Waals surface area contributed by atoms with Crippen molar-refractivity contribution in [1.82, 2.24) is 4.90 Å². The smallest absolute Gasteiger partial charge is 0.464 e. The first-order chi connectivity index (χ1) is 11.7. The summed E-state index contributed by atoms with van der Waals surface area (Å²) in [7, 11) is -1.62. The minimum absolute atomic E-state index is 0.00236. The molecule has 0 saturated carbocycles. The number of nitrogens with zero attached hydrogens (tertiary/aromatic N) is 1. The van der Waals surface area contributed by atoms with Gasteiger partial charge in [-0.3, -0.25) is 4.79 Å². The maximum atomic E-state index is 11.7. The highest BCUT2D eigenvalue weighted by atomic mass is 16.5. The van der Waals surface area contributed by atoms with E-state index in [4.69, 9.17) is 9.15 Å². The number of rotatable bonds is 6. The number of ether oxygens (including phenoxy) is 1. The van der Waals surface area contributed by atoms with Gasteiger partial charge in [-0.05, 0) is 37.3 Å². The third kappa shape index (κ3) is 2.62. The lowest BCUT2D eigenvalue weighted by Gasteiger charge is -2.35. The van der Waals surface area contributed by atoms with Crippen LogP contribution in [0.15, 0.2) is 34.9 Å². The number of hydrogen-bond acceptors (Lipinski definition) is 5. The van der Waals surface area contributed by atoms with E-state index in [2.05, 4.69) is 0 Å². The van der Waals surface area contributed by atoms with Gasteiger partial charge < -0.3 is 24.1 Å². The standard InChI is InChI=1S/C17H20BNO5/c20-10-19(14-8-12-5-6-16(14)24-12)17(18(21)22)7-11-9-23-15-4-2-1-3-13(11)15/h1-4,9-10,12,14,16-17,21-22H,5-8H2/t12-,14-,16+,17+/m0/s1. The summed E-state index contributed by atoms with van der Waals surface area (Å²) >= 11 is 0. The summed E-state index contributed by atoms with van der Waals surface area (Å²) in [6.45, 7) is 0. The van der Waals surface area contributed by atoms with Crippen molar-refractivity contribution in [2.75, 3.05) is 0 Å². The van der Waals surface area contributed by atoms with Crippen molar-refractivity contribution in [3.63, 3.8) is 0 Å². The van der Waals surface area contributed by atoms with E-state index in [1.807, 2.05) is 24.3 Å². The van der Waals surface area contributed by atoms with Crippen molar-refractivity contribution in [1.29, 1.82) is 0 Å². The van der Waals surface area contributed by atoms with E-state index in [1.165, 1.54) is 4.90 Å². The van der Waals surface area contributed by atoms with Crippen LogP contribution in [-0.2, 0) is 16.0 Å². The number of para-hydroxylation sites is 1. The lowest BCUT2D eigenvalue weighted by molar-refractivity contribution is -0.122. The molecule has 0 unspecified atom stereocenters. The summed E-state index contributed by atoms with van der Waals surface area (Å²) in [5.74, 6) is -0.726. The van der Waals surface area contributed by atoms with Gasteiger partial charge in [-0.2, -0.15) is 0 Å². The lowest BCUT2D eigenvalue weighted by Crippen LogP contribution is -2.54. The molecule has 24 heavy (non-hydrogen) atoms. The number of carbonyl (C=O) groups is 1. The van der Waals surface area contributed by atoms with E-state index < -0.39 is 13.1 Å². The second kappa shape index (κ2) is 6.24. The fraction of sp³-hybridized carbons (Fsp3) is 0.471. The Hall–Kier alpha value is -1.83. The second-order valence-electron chi connectivity index (χ2n) is 6.67. The molecule has 2 bridgehead atoms. The first-order valence-electron chi connectivity index (χ1n) is 8.37. The zero-order valence-corrected chi connectivity index (χ0v) is 13.2. The molecule has 4 atom stereocenters. The predicted molar refractivity (Wildman–Crippen MR) is 88.1 cm³/mol. The molecule has 2 aliphatic rings. The van der Waals surface area contributed by atoms with Crippen LogP contribution in [0, 0.1) is 0 Å². The van der Waals surface area contributed by atoms with Gasteiger partial charge in [0, 0.05) is 5.39 Å². The van der Waals surface area contributed by atoms with Gasteiger partial charge in [0.25, 0.3) is 0 Å². The molecule has 3 heterocycles. The average molecular weight is 329 g/mol. The van der Waals surface area contributed by atoms with Gasteiger partial charge in [0.1, 0.15) is 5.58 Å².